The molecule has 1 saturated heterocycles. The van der Waals surface area contributed by atoms with Gasteiger partial charge in [-0.25, -0.2) is 0 Å². The third-order valence-electron chi connectivity index (χ3n) is 5.02. The van der Waals surface area contributed by atoms with Gasteiger partial charge in [0.15, 0.2) is 11.5 Å². The van der Waals surface area contributed by atoms with Crippen molar-refractivity contribution < 1.29 is 23.9 Å². The average molecular weight is 519 g/mol. The number of rotatable bonds is 12. The maximum atomic E-state index is 13.4. The standard InChI is InChI=1S/C21H31BrN2O6S/c1-5-29-21(31-6-2)16-8-7-10-23(16)20(25)15-12-18(28-4)19(13-17(15)24(26)27)30-11-9-14(3)22/h12-14,16,21H,5-11H2,1-4H3. The first-order valence-corrected chi connectivity index (χ1v) is 12.5. The molecule has 2 rings (SSSR count). The van der Waals surface area contributed by atoms with Crippen LogP contribution in [-0.2, 0) is 4.74 Å². The van der Waals surface area contributed by atoms with Crippen molar-refractivity contribution in [3.63, 3.8) is 0 Å². The summed E-state index contributed by atoms with van der Waals surface area (Å²) < 4.78 is 17.0. The SMILES string of the molecule is CCOC(SCC)C1CCCN1C(=O)c1cc(OC)c(OCCC(C)Br)cc1[N+](=O)[O-]. The van der Waals surface area contributed by atoms with Crippen LogP contribution in [0.1, 0.15) is 50.4 Å². The number of carbonyl (C=O) groups is 1. The van der Waals surface area contributed by atoms with Crippen LogP contribution in [0.2, 0.25) is 0 Å². The minimum absolute atomic E-state index is 0.00621. The molecule has 1 aromatic rings. The Morgan fingerprint density at radius 1 is 1.39 bits per heavy atom. The van der Waals surface area contributed by atoms with Gasteiger partial charge in [-0.1, -0.05) is 29.8 Å². The van der Waals surface area contributed by atoms with E-state index >= 15 is 0 Å². The van der Waals surface area contributed by atoms with Gasteiger partial charge in [0.2, 0.25) is 0 Å². The summed E-state index contributed by atoms with van der Waals surface area (Å²) in [7, 11) is 1.46. The molecule has 0 aliphatic carbocycles. The topological polar surface area (TPSA) is 91.1 Å². The molecule has 8 nitrogen and oxygen atoms in total. The Hall–Kier alpha value is -1.52. The smallest absolute Gasteiger partial charge is 0.286 e. The lowest BCUT2D eigenvalue weighted by Gasteiger charge is -2.31. The Labute approximate surface area is 196 Å². The van der Waals surface area contributed by atoms with E-state index in [2.05, 4.69) is 15.9 Å². The Morgan fingerprint density at radius 3 is 2.71 bits per heavy atom. The first-order valence-electron chi connectivity index (χ1n) is 10.5. The predicted molar refractivity (Wildman–Crippen MR) is 126 cm³/mol. The number of alkyl halides is 1. The second-order valence-corrected chi connectivity index (χ2v) is 10.1. The summed E-state index contributed by atoms with van der Waals surface area (Å²) >= 11 is 5.10. The number of carbonyl (C=O) groups excluding carboxylic acids is 1. The summed E-state index contributed by atoms with van der Waals surface area (Å²) in [6, 6.07) is 2.58. The number of likely N-dealkylation sites (tertiary alicyclic amines) is 1. The van der Waals surface area contributed by atoms with E-state index in [1.807, 2.05) is 20.8 Å². The molecule has 31 heavy (non-hydrogen) atoms. The highest BCUT2D eigenvalue weighted by atomic mass is 79.9. The van der Waals surface area contributed by atoms with E-state index in [0.717, 1.165) is 25.0 Å². The molecule has 1 fully saturated rings. The van der Waals surface area contributed by atoms with Gasteiger partial charge in [0, 0.05) is 24.0 Å². The van der Waals surface area contributed by atoms with Crippen LogP contribution in [-0.4, -0.2) is 64.7 Å². The number of halogens is 1. The van der Waals surface area contributed by atoms with Crippen molar-refractivity contribution in [1.82, 2.24) is 4.90 Å². The maximum absolute atomic E-state index is 13.4. The minimum atomic E-state index is -0.543. The van der Waals surface area contributed by atoms with Gasteiger partial charge in [-0.2, -0.15) is 0 Å². The largest absolute Gasteiger partial charge is 0.493 e. The number of hydrogen-bond donors (Lipinski definition) is 0. The van der Waals surface area contributed by atoms with Crippen molar-refractivity contribution in [2.75, 3.05) is 32.6 Å². The molecule has 10 heteroatoms. The molecule has 3 unspecified atom stereocenters. The molecule has 0 bridgehead atoms. The van der Waals surface area contributed by atoms with E-state index in [-0.39, 0.29) is 39.2 Å². The van der Waals surface area contributed by atoms with E-state index in [1.165, 1.54) is 19.2 Å². The molecular formula is C21H31BrN2O6S. The normalized spacial score (nSPS) is 18.0. The zero-order valence-corrected chi connectivity index (χ0v) is 20.9. The van der Waals surface area contributed by atoms with Crippen molar-refractivity contribution >= 4 is 39.3 Å². The third-order valence-corrected chi connectivity index (χ3v) is 6.59. The first kappa shape index (κ1) is 25.7. The molecule has 3 atom stereocenters. The van der Waals surface area contributed by atoms with E-state index in [9.17, 15) is 14.9 Å². The van der Waals surface area contributed by atoms with Crippen LogP contribution >= 0.6 is 27.7 Å². The van der Waals surface area contributed by atoms with Crippen molar-refractivity contribution in [3.8, 4) is 11.5 Å². The van der Waals surface area contributed by atoms with Gasteiger partial charge in [0.05, 0.1) is 30.7 Å². The van der Waals surface area contributed by atoms with Crippen LogP contribution in [0.4, 0.5) is 5.69 Å². The van der Waals surface area contributed by atoms with Crippen molar-refractivity contribution in [1.29, 1.82) is 0 Å². The highest BCUT2D eigenvalue weighted by Gasteiger charge is 2.38. The molecule has 174 valence electrons. The van der Waals surface area contributed by atoms with Gasteiger partial charge in [-0.15, -0.1) is 11.8 Å². The van der Waals surface area contributed by atoms with Crippen LogP contribution in [0.25, 0.3) is 0 Å². The number of ether oxygens (including phenoxy) is 3. The number of nitro benzene ring substituents is 1. The molecule has 1 amide bonds. The van der Waals surface area contributed by atoms with Crippen molar-refractivity contribution in [3.05, 3.63) is 27.8 Å². The van der Waals surface area contributed by atoms with E-state index in [4.69, 9.17) is 14.2 Å². The highest BCUT2D eigenvalue weighted by Crippen LogP contribution is 2.37. The summed E-state index contributed by atoms with van der Waals surface area (Å²) in [5.74, 6) is 1.03. The minimum Gasteiger partial charge on any atom is -0.493 e. The number of methoxy groups -OCH3 is 1. The quantitative estimate of drug-likeness (QED) is 0.168. The lowest BCUT2D eigenvalue weighted by atomic mass is 10.1. The molecule has 0 N–H and O–H groups in total. The predicted octanol–water partition coefficient (Wildman–Crippen LogP) is 4.88. The number of amides is 1. The molecule has 1 aliphatic rings. The first-order chi connectivity index (χ1) is 14.8. The summed E-state index contributed by atoms with van der Waals surface area (Å²) in [6.07, 6.45) is 2.36. The average Bonchev–Trinajstić information content (AvgIpc) is 3.22. The fourth-order valence-corrected chi connectivity index (χ4v) is 4.81. The molecule has 0 radical (unpaired) electrons. The number of thioether (sulfide) groups is 1. The molecule has 1 aromatic carbocycles. The van der Waals surface area contributed by atoms with Crippen molar-refractivity contribution in [2.45, 2.75) is 56.3 Å². The van der Waals surface area contributed by atoms with Crippen molar-refractivity contribution in [2.24, 2.45) is 0 Å². The van der Waals surface area contributed by atoms with E-state index < -0.39 is 4.92 Å². The number of benzene rings is 1. The molecule has 1 aliphatic heterocycles. The Morgan fingerprint density at radius 2 is 2.13 bits per heavy atom. The molecule has 0 saturated carbocycles. The Bertz CT molecular complexity index is 758. The summed E-state index contributed by atoms with van der Waals surface area (Å²) in [5, 5.41) is 11.8. The van der Waals surface area contributed by atoms with Gasteiger partial charge >= 0.3 is 0 Å². The highest BCUT2D eigenvalue weighted by molar-refractivity contribution is 9.09. The fourth-order valence-electron chi connectivity index (χ4n) is 3.56. The second kappa shape index (κ2) is 12.5. The molecule has 1 heterocycles. The fraction of sp³-hybridized carbons (Fsp3) is 0.667. The van der Waals surface area contributed by atoms with Crippen LogP contribution in [0, 0.1) is 10.1 Å². The summed E-state index contributed by atoms with van der Waals surface area (Å²) in [5.41, 5.74) is -0.433. The van der Waals surface area contributed by atoms with Gasteiger partial charge in [-0.3, -0.25) is 14.9 Å². The third kappa shape index (κ3) is 6.73. The number of nitro groups is 1. The zero-order valence-electron chi connectivity index (χ0n) is 18.5. The number of hydrogen-bond acceptors (Lipinski definition) is 7. The molecule has 0 spiro atoms. The van der Waals surface area contributed by atoms with E-state index in [0.29, 0.717) is 25.5 Å². The van der Waals surface area contributed by atoms with Gasteiger partial charge < -0.3 is 19.1 Å². The molecule has 0 aromatic heterocycles. The Balaban J connectivity index is 2.36. The zero-order chi connectivity index (χ0) is 23.0. The lowest BCUT2D eigenvalue weighted by Crippen LogP contribution is -2.43. The van der Waals surface area contributed by atoms with Gasteiger partial charge in [-0.05, 0) is 31.9 Å². The van der Waals surface area contributed by atoms with Crippen LogP contribution in [0.3, 0.4) is 0 Å². The summed E-state index contributed by atoms with van der Waals surface area (Å²) in [4.78, 5) is 26.6. The molecular weight excluding hydrogens is 488 g/mol. The maximum Gasteiger partial charge on any atom is 0.286 e. The van der Waals surface area contributed by atoms with Gasteiger partial charge in [0.1, 0.15) is 11.0 Å². The van der Waals surface area contributed by atoms with Crippen LogP contribution in [0.5, 0.6) is 11.5 Å². The number of nitrogens with zero attached hydrogens (tertiary/aromatic N) is 2. The summed E-state index contributed by atoms with van der Waals surface area (Å²) in [6.45, 7) is 7.41. The van der Waals surface area contributed by atoms with Crippen LogP contribution < -0.4 is 9.47 Å². The van der Waals surface area contributed by atoms with E-state index in [1.54, 1.807) is 16.7 Å². The monoisotopic (exact) mass is 518 g/mol. The van der Waals surface area contributed by atoms with Gasteiger partial charge in [0.25, 0.3) is 11.6 Å². The lowest BCUT2D eigenvalue weighted by molar-refractivity contribution is -0.385. The Kier molecular flexibility index (Phi) is 10.4. The second-order valence-electron chi connectivity index (χ2n) is 7.18. The van der Waals surface area contributed by atoms with Crippen LogP contribution in [0.15, 0.2) is 12.1 Å².